The third-order valence-electron chi connectivity index (χ3n) is 3.93. The van der Waals surface area contributed by atoms with Gasteiger partial charge in [0.1, 0.15) is 11.3 Å². The van der Waals surface area contributed by atoms with E-state index in [1.54, 1.807) is 10.8 Å². The van der Waals surface area contributed by atoms with E-state index in [1.807, 2.05) is 42.9 Å². The van der Waals surface area contributed by atoms with Gasteiger partial charge < -0.3 is 9.88 Å². The Labute approximate surface area is 144 Å². The average molecular weight is 344 g/mol. The van der Waals surface area contributed by atoms with E-state index in [9.17, 15) is 0 Å². The fourth-order valence-electron chi connectivity index (χ4n) is 2.66. The predicted molar refractivity (Wildman–Crippen MR) is 92.2 cm³/mol. The van der Waals surface area contributed by atoms with E-state index in [0.717, 1.165) is 18.4 Å². The van der Waals surface area contributed by atoms with Crippen molar-refractivity contribution in [3.8, 4) is 6.07 Å². The Morgan fingerprint density at radius 3 is 2.92 bits per heavy atom. The molecule has 0 atom stereocenters. The highest BCUT2D eigenvalue weighted by molar-refractivity contribution is 6.28. The molecule has 3 aromatic rings. The second kappa shape index (κ2) is 6.89. The maximum Gasteiger partial charge on any atom is 0.243 e. The molecule has 0 spiro atoms. The maximum atomic E-state index is 8.84. The van der Waals surface area contributed by atoms with E-state index in [4.69, 9.17) is 16.9 Å². The van der Waals surface area contributed by atoms with E-state index in [-0.39, 0.29) is 11.2 Å². The summed E-state index contributed by atoms with van der Waals surface area (Å²) in [5, 5.41) is 16.3. The lowest BCUT2D eigenvalue weighted by Gasteiger charge is -2.31. The molecule has 1 N–H and O–H groups in total. The number of halogens is 1. The molecule has 0 aromatic carbocycles. The molecule has 124 valence electrons. The van der Waals surface area contributed by atoms with Gasteiger partial charge in [0.25, 0.3) is 0 Å². The Hall–Kier alpha value is -2.59. The quantitative estimate of drug-likeness (QED) is 0.781. The van der Waals surface area contributed by atoms with Crippen molar-refractivity contribution in [2.75, 3.05) is 5.32 Å². The summed E-state index contributed by atoms with van der Waals surface area (Å²) < 4.78 is 3.70. The number of hydrogen-bond acceptors (Lipinski definition) is 5. The van der Waals surface area contributed by atoms with Crippen molar-refractivity contribution >= 4 is 28.8 Å². The topological polar surface area (TPSA) is 83.8 Å². The third-order valence-corrected chi connectivity index (χ3v) is 4.09. The van der Waals surface area contributed by atoms with Crippen LogP contribution < -0.4 is 5.32 Å². The first-order chi connectivity index (χ1) is 11.7. The minimum absolute atomic E-state index is 0.168. The number of nitrogens with one attached hydrogen (secondary N) is 1. The van der Waals surface area contributed by atoms with Gasteiger partial charge in [-0.05, 0) is 36.6 Å². The van der Waals surface area contributed by atoms with Gasteiger partial charge in [0.05, 0.1) is 18.3 Å². The van der Waals surface area contributed by atoms with Crippen LogP contribution in [0.5, 0.6) is 0 Å². The van der Waals surface area contributed by atoms with Crippen LogP contribution >= 0.6 is 11.6 Å². The summed E-state index contributed by atoms with van der Waals surface area (Å²) in [6.07, 6.45) is 7.28. The number of rotatable bonds is 3. The normalized spacial score (nSPS) is 19.1. The number of hydrogen-bond donors (Lipinski definition) is 1. The third kappa shape index (κ3) is 3.05. The van der Waals surface area contributed by atoms with Crippen molar-refractivity contribution in [2.24, 2.45) is 5.92 Å². The zero-order chi connectivity index (χ0) is 17.1. The smallest absolute Gasteiger partial charge is 0.243 e. The molecule has 1 fully saturated rings. The van der Waals surface area contributed by atoms with Crippen LogP contribution in [0, 0.1) is 17.2 Å². The first-order valence-electron chi connectivity index (χ1n) is 7.94. The van der Waals surface area contributed by atoms with Crippen molar-refractivity contribution < 1.29 is 0 Å². The van der Waals surface area contributed by atoms with Gasteiger partial charge >= 0.3 is 0 Å². The van der Waals surface area contributed by atoms with Crippen molar-refractivity contribution in [3.05, 3.63) is 36.1 Å². The summed E-state index contributed by atoms with van der Waals surface area (Å²) in [5.41, 5.74) is 0.826. The molecule has 7 nitrogen and oxygen atoms in total. The highest BCUT2D eigenvalue weighted by Crippen LogP contribution is 2.37. The van der Waals surface area contributed by atoms with Gasteiger partial charge in [-0.3, -0.25) is 0 Å². The van der Waals surface area contributed by atoms with Crippen molar-refractivity contribution in [2.45, 2.75) is 32.7 Å². The van der Waals surface area contributed by atoms with Crippen LogP contribution in [-0.2, 0) is 0 Å². The van der Waals surface area contributed by atoms with Crippen molar-refractivity contribution in [3.63, 3.8) is 0 Å². The second-order valence-electron chi connectivity index (χ2n) is 5.35. The minimum atomic E-state index is 0.168. The van der Waals surface area contributed by atoms with Crippen molar-refractivity contribution in [1.82, 2.24) is 24.1 Å². The molecular weight excluding hydrogens is 326 g/mol. The summed E-state index contributed by atoms with van der Waals surface area (Å²) in [6.45, 7) is 4.00. The first-order valence-corrected chi connectivity index (χ1v) is 8.32. The Balaban J connectivity index is 0.000000815. The zero-order valence-electron chi connectivity index (χ0n) is 13.5. The maximum absolute atomic E-state index is 8.84. The number of aromatic nitrogens is 5. The van der Waals surface area contributed by atoms with Gasteiger partial charge in [-0.1, -0.05) is 13.8 Å². The molecule has 4 rings (SSSR count). The fourth-order valence-corrected chi connectivity index (χ4v) is 2.82. The summed E-state index contributed by atoms with van der Waals surface area (Å²) in [5.74, 6) is 1.47. The summed E-state index contributed by atoms with van der Waals surface area (Å²) >= 11 is 5.93. The van der Waals surface area contributed by atoms with Crippen molar-refractivity contribution in [1.29, 1.82) is 5.26 Å². The van der Waals surface area contributed by atoms with E-state index in [2.05, 4.69) is 26.5 Å². The van der Waals surface area contributed by atoms with Crippen LogP contribution in [-0.4, -0.2) is 24.1 Å². The van der Waals surface area contributed by atoms with Crippen LogP contribution in [0.25, 0.3) is 5.52 Å². The summed E-state index contributed by atoms with van der Waals surface area (Å²) in [4.78, 5) is 8.55. The standard InChI is InChI=1S/C14H12ClN7.C2H6/c15-14-19-13(11-2-1-3-22(11)20-14)18-12-7-21(8-17-12)10-4-9(5-10)6-16;1-2/h1-3,7-10H,4-5H2,(H,18,19,20);1-2H3. The predicted octanol–water partition coefficient (Wildman–Crippen LogP) is 3.82. The Morgan fingerprint density at radius 1 is 1.38 bits per heavy atom. The number of nitrogens with zero attached hydrogens (tertiary/aromatic N) is 6. The highest BCUT2D eigenvalue weighted by atomic mass is 35.5. The molecule has 8 heteroatoms. The molecule has 0 aliphatic heterocycles. The lowest BCUT2D eigenvalue weighted by Crippen LogP contribution is -2.24. The molecule has 0 amide bonds. The summed E-state index contributed by atoms with van der Waals surface area (Å²) in [6, 6.07) is 6.42. The van der Waals surface area contributed by atoms with Gasteiger partial charge in [-0.15, -0.1) is 5.10 Å². The number of nitriles is 1. The van der Waals surface area contributed by atoms with Gasteiger partial charge in [-0.25, -0.2) is 9.50 Å². The largest absolute Gasteiger partial charge is 0.332 e. The van der Waals surface area contributed by atoms with Gasteiger partial charge in [-0.2, -0.15) is 10.2 Å². The number of fused-ring (bicyclic) bond motifs is 1. The molecule has 1 saturated carbocycles. The van der Waals surface area contributed by atoms with Crippen LogP contribution in [0.3, 0.4) is 0 Å². The minimum Gasteiger partial charge on any atom is -0.332 e. The van der Waals surface area contributed by atoms with Gasteiger partial charge in [0.2, 0.25) is 5.28 Å². The molecule has 0 radical (unpaired) electrons. The van der Waals surface area contributed by atoms with Gasteiger partial charge in [0.15, 0.2) is 5.82 Å². The highest BCUT2D eigenvalue weighted by Gasteiger charge is 2.30. The molecule has 3 heterocycles. The molecule has 0 unspecified atom stereocenters. The SMILES string of the molecule is CC.N#CC1CC(n2cnc(Nc3nc(Cl)nn4cccc34)c2)C1. The van der Waals surface area contributed by atoms with Gasteiger partial charge in [0, 0.05) is 18.4 Å². The molecule has 1 aliphatic carbocycles. The first kappa shape index (κ1) is 16.3. The molecule has 3 aromatic heterocycles. The monoisotopic (exact) mass is 343 g/mol. The van der Waals surface area contributed by atoms with Crippen LogP contribution in [0.2, 0.25) is 5.28 Å². The molecule has 1 aliphatic rings. The van der Waals surface area contributed by atoms with E-state index < -0.39 is 0 Å². The molecule has 0 saturated heterocycles. The zero-order valence-corrected chi connectivity index (χ0v) is 14.3. The number of imidazole rings is 1. The molecular formula is C16H18ClN7. The van der Waals surface area contributed by atoms with E-state index >= 15 is 0 Å². The number of anilines is 2. The molecule has 0 bridgehead atoms. The Kier molecular flexibility index (Phi) is 4.67. The fraction of sp³-hybridized carbons (Fsp3) is 0.375. The van der Waals surface area contributed by atoms with Crippen LogP contribution in [0.4, 0.5) is 11.6 Å². The van der Waals surface area contributed by atoms with Crippen LogP contribution in [0.15, 0.2) is 30.9 Å². The Bertz CT molecular complexity index is 870. The van der Waals surface area contributed by atoms with E-state index in [1.165, 1.54) is 0 Å². The Morgan fingerprint density at radius 2 is 2.17 bits per heavy atom. The van der Waals surface area contributed by atoms with E-state index in [0.29, 0.717) is 17.7 Å². The lowest BCUT2D eigenvalue weighted by molar-refractivity contribution is 0.248. The second-order valence-corrected chi connectivity index (χ2v) is 5.69. The van der Waals surface area contributed by atoms with Crippen LogP contribution in [0.1, 0.15) is 32.7 Å². The lowest BCUT2D eigenvalue weighted by atomic mass is 9.81. The average Bonchev–Trinajstić information content (AvgIpc) is 3.18. The molecule has 24 heavy (non-hydrogen) atoms. The summed E-state index contributed by atoms with van der Waals surface area (Å²) in [7, 11) is 0.